The topological polar surface area (TPSA) is 20.2 Å². The van der Waals surface area contributed by atoms with Crippen LogP contribution in [0, 0.1) is 0 Å². The van der Waals surface area contributed by atoms with E-state index in [1.807, 2.05) is 12.1 Å². The minimum Gasteiger partial charge on any atom is -0.386 e. The molecule has 1 N–H and O–H groups in total. The zero-order valence-corrected chi connectivity index (χ0v) is 7.95. The number of aryl methyl sites for hydroxylation is 1. The van der Waals surface area contributed by atoms with Crippen molar-refractivity contribution in [2.45, 2.75) is 19.4 Å². The molecule has 1 aromatic heterocycles. The van der Waals surface area contributed by atoms with Crippen molar-refractivity contribution in [2.24, 2.45) is 0 Å². The summed E-state index contributed by atoms with van der Waals surface area (Å²) < 4.78 is 0. The van der Waals surface area contributed by atoms with Crippen LogP contribution in [-0.4, -0.2) is 11.0 Å². The van der Waals surface area contributed by atoms with E-state index in [1.165, 1.54) is 4.88 Å². The lowest BCUT2D eigenvalue weighted by molar-refractivity contribution is 0.206. The molecule has 1 nitrogen and oxygen atoms in total. The number of alkyl halides is 1. The Morgan fingerprint density at radius 3 is 2.82 bits per heavy atom. The van der Waals surface area contributed by atoms with Crippen LogP contribution in [0.1, 0.15) is 22.8 Å². The Morgan fingerprint density at radius 1 is 1.64 bits per heavy atom. The summed E-state index contributed by atoms with van der Waals surface area (Å²) in [6.07, 6.45) is 0.543. The maximum absolute atomic E-state index is 9.32. The van der Waals surface area contributed by atoms with Crippen LogP contribution in [-0.2, 0) is 6.42 Å². The lowest BCUT2D eigenvalue weighted by Crippen LogP contribution is -1.93. The molecule has 0 amide bonds. The molecule has 0 unspecified atom stereocenters. The second-order valence-electron chi connectivity index (χ2n) is 2.33. The molecule has 0 bridgehead atoms. The van der Waals surface area contributed by atoms with Gasteiger partial charge in [-0.25, -0.2) is 0 Å². The fraction of sp³-hybridized carbons (Fsp3) is 0.500. The Hall–Kier alpha value is -0.0500. The summed E-state index contributed by atoms with van der Waals surface area (Å²) in [5, 5.41) is 9.32. The monoisotopic (exact) mass is 190 g/mol. The number of hydrogen-bond donors (Lipinski definition) is 1. The second kappa shape index (κ2) is 4.10. The molecule has 0 aliphatic rings. The van der Waals surface area contributed by atoms with Gasteiger partial charge < -0.3 is 5.11 Å². The van der Waals surface area contributed by atoms with Gasteiger partial charge in [0.15, 0.2) is 0 Å². The van der Waals surface area contributed by atoms with E-state index in [9.17, 15) is 5.11 Å². The molecule has 3 heteroatoms. The van der Waals surface area contributed by atoms with E-state index in [2.05, 4.69) is 6.92 Å². The summed E-state index contributed by atoms with van der Waals surface area (Å²) in [7, 11) is 0. The number of thiophene rings is 1. The zero-order chi connectivity index (χ0) is 8.27. The van der Waals surface area contributed by atoms with Crippen LogP contribution in [0.5, 0.6) is 0 Å². The summed E-state index contributed by atoms with van der Waals surface area (Å²) in [6.45, 7) is 2.10. The van der Waals surface area contributed by atoms with Crippen molar-refractivity contribution in [3.8, 4) is 0 Å². The number of aliphatic hydroxyl groups excluding tert-OH is 1. The van der Waals surface area contributed by atoms with Gasteiger partial charge in [-0.2, -0.15) is 0 Å². The Kier molecular flexibility index (Phi) is 3.37. The Bertz CT molecular complexity index is 222. The average Bonchev–Trinajstić information content (AvgIpc) is 2.50. The molecular formula is C8H11ClOS. The normalized spacial score (nSPS) is 13.4. The van der Waals surface area contributed by atoms with Crippen LogP contribution < -0.4 is 0 Å². The first kappa shape index (κ1) is 9.04. The Morgan fingerprint density at radius 2 is 2.36 bits per heavy atom. The average molecular weight is 191 g/mol. The molecule has 0 saturated carbocycles. The summed E-state index contributed by atoms with van der Waals surface area (Å²) in [5.41, 5.74) is 0. The lowest BCUT2D eigenvalue weighted by Gasteiger charge is -2.00. The predicted molar refractivity (Wildman–Crippen MR) is 49.4 cm³/mol. The summed E-state index contributed by atoms with van der Waals surface area (Å²) in [6, 6.07) is 3.98. The highest BCUT2D eigenvalue weighted by Gasteiger charge is 2.07. The molecule has 0 spiro atoms. The molecule has 1 aromatic rings. The standard InChI is InChI=1S/C8H11ClOS/c1-2-6-3-4-8(11-6)7(10)5-9/h3-4,7,10H,2,5H2,1H3/t7-/m0/s1. The Balaban J connectivity index is 2.71. The highest BCUT2D eigenvalue weighted by atomic mass is 35.5. The van der Waals surface area contributed by atoms with Crippen molar-refractivity contribution in [2.75, 3.05) is 5.88 Å². The first-order valence-electron chi connectivity index (χ1n) is 3.60. The lowest BCUT2D eigenvalue weighted by atomic mass is 10.3. The molecule has 0 radical (unpaired) electrons. The minimum absolute atomic E-state index is 0.281. The molecule has 0 saturated heterocycles. The van der Waals surface area contributed by atoms with Crippen molar-refractivity contribution < 1.29 is 5.11 Å². The molecular weight excluding hydrogens is 180 g/mol. The van der Waals surface area contributed by atoms with Gasteiger partial charge in [0.25, 0.3) is 0 Å². The van der Waals surface area contributed by atoms with E-state index in [0.717, 1.165) is 11.3 Å². The van der Waals surface area contributed by atoms with Crippen LogP contribution in [0.25, 0.3) is 0 Å². The molecule has 1 heterocycles. The first-order chi connectivity index (χ1) is 5.27. The fourth-order valence-corrected chi connectivity index (χ4v) is 2.04. The van der Waals surface area contributed by atoms with Gasteiger partial charge in [-0.15, -0.1) is 22.9 Å². The number of aliphatic hydroxyl groups is 1. The third-order valence-corrected chi connectivity index (χ3v) is 3.13. The van der Waals surface area contributed by atoms with E-state index in [4.69, 9.17) is 11.6 Å². The molecule has 11 heavy (non-hydrogen) atoms. The fourth-order valence-electron chi connectivity index (χ4n) is 0.840. The van der Waals surface area contributed by atoms with Crippen LogP contribution >= 0.6 is 22.9 Å². The third kappa shape index (κ3) is 2.19. The smallest absolute Gasteiger partial charge is 0.102 e. The van der Waals surface area contributed by atoms with Gasteiger partial charge in [0.05, 0.1) is 5.88 Å². The quantitative estimate of drug-likeness (QED) is 0.727. The van der Waals surface area contributed by atoms with Gasteiger partial charge >= 0.3 is 0 Å². The van der Waals surface area contributed by atoms with Gasteiger partial charge in [-0.1, -0.05) is 6.92 Å². The van der Waals surface area contributed by atoms with Crippen LogP contribution in [0.15, 0.2) is 12.1 Å². The van der Waals surface area contributed by atoms with Crippen molar-refractivity contribution in [1.29, 1.82) is 0 Å². The van der Waals surface area contributed by atoms with Crippen LogP contribution in [0.3, 0.4) is 0 Å². The van der Waals surface area contributed by atoms with Gasteiger partial charge in [0.2, 0.25) is 0 Å². The van der Waals surface area contributed by atoms with Gasteiger partial charge in [-0.3, -0.25) is 0 Å². The van der Waals surface area contributed by atoms with E-state index in [1.54, 1.807) is 11.3 Å². The largest absolute Gasteiger partial charge is 0.386 e. The van der Waals surface area contributed by atoms with Gasteiger partial charge in [0.1, 0.15) is 6.10 Å². The number of rotatable bonds is 3. The van der Waals surface area contributed by atoms with Crippen LogP contribution in [0.4, 0.5) is 0 Å². The van der Waals surface area contributed by atoms with Crippen molar-refractivity contribution >= 4 is 22.9 Å². The van der Waals surface area contributed by atoms with Crippen molar-refractivity contribution in [3.63, 3.8) is 0 Å². The predicted octanol–water partition coefficient (Wildman–Crippen LogP) is 2.58. The molecule has 0 aromatic carbocycles. The van der Waals surface area contributed by atoms with E-state index in [0.29, 0.717) is 0 Å². The highest BCUT2D eigenvalue weighted by molar-refractivity contribution is 7.12. The number of hydrogen-bond acceptors (Lipinski definition) is 2. The first-order valence-corrected chi connectivity index (χ1v) is 4.95. The molecule has 62 valence electrons. The van der Waals surface area contributed by atoms with Crippen LogP contribution in [0.2, 0.25) is 0 Å². The minimum atomic E-state index is -0.484. The zero-order valence-electron chi connectivity index (χ0n) is 6.38. The highest BCUT2D eigenvalue weighted by Crippen LogP contribution is 2.24. The Labute approximate surface area is 75.6 Å². The SMILES string of the molecule is CCc1ccc([C@@H](O)CCl)s1. The third-order valence-electron chi connectivity index (χ3n) is 1.51. The summed E-state index contributed by atoms with van der Waals surface area (Å²) in [5.74, 6) is 0.281. The molecule has 1 atom stereocenters. The van der Waals surface area contributed by atoms with E-state index in [-0.39, 0.29) is 5.88 Å². The van der Waals surface area contributed by atoms with Crippen molar-refractivity contribution in [1.82, 2.24) is 0 Å². The summed E-state index contributed by atoms with van der Waals surface area (Å²) in [4.78, 5) is 2.26. The van der Waals surface area contributed by atoms with Gasteiger partial charge in [-0.05, 0) is 18.6 Å². The van der Waals surface area contributed by atoms with E-state index < -0.39 is 6.10 Å². The maximum atomic E-state index is 9.32. The van der Waals surface area contributed by atoms with E-state index >= 15 is 0 Å². The second-order valence-corrected chi connectivity index (χ2v) is 3.84. The molecule has 0 fully saturated rings. The van der Waals surface area contributed by atoms with Crippen molar-refractivity contribution in [3.05, 3.63) is 21.9 Å². The van der Waals surface area contributed by atoms with Gasteiger partial charge in [0, 0.05) is 9.75 Å². The molecule has 0 aliphatic heterocycles. The number of halogens is 1. The summed E-state index contributed by atoms with van der Waals surface area (Å²) >= 11 is 7.13. The molecule has 1 rings (SSSR count). The maximum Gasteiger partial charge on any atom is 0.102 e. The molecule has 0 aliphatic carbocycles.